The standard InChI is InChI=1S/C19H26F3N3O2/c1-13(2)5-7-25-14(3)9-16(15(25)4)10-17(11-23)18(26)24-6-8-27-12-19(20,21)22/h9-10,13H,5-8,12H2,1-4H3,(H,24,26)/b17-10-. The Hall–Kier alpha value is -2.27. The lowest BCUT2D eigenvalue weighted by Crippen LogP contribution is -2.29. The second-order valence-corrected chi connectivity index (χ2v) is 6.75. The minimum atomic E-state index is -4.40. The lowest BCUT2D eigenvalue weighted by Gasteiger charge is -2.11. The number of hydrogen-bond acceptors (Lipinski definition) is 3. The third kappa shape index (κ3) is 7.87. The SMILES string of the molecule is Cc1cc(/C=C(/C#N)C(=O)NCCOCC(F)(F)F)c(C)n1CCC(C)C. The van der Waals surface area contributed by atoms with E-state index in [2.05, 4.69) is 28.5 Å². The molecule has 0 unspecified atom stereocenters. The lowest BCUT2D eigenvalue weighted by atomic mass is 10.1. The van der Waals surface area contributed by atoms with E-state index in [9.17, 15) is 23.2 Å². The van der Waals surface area contributed by atoms with Crippen LogP contribution in [0.25, 0.3) is 6.08 Å². The third-order valence-corrected chi connectivity index (χ3v) is 4.01. The van der Waals surface area contributed by atoms with E-state index < -0.39 is 18.7 Å². The minimum absolute atomic E-state index is 0.102. The first-order valence-corrected chi connectivity index (χ1v) is 8.76. The second kappa shape index (κ2) is 10.2. The number of carbonyl (C=O) groups is 1. The number of nitrogens with one attached hydrogen (secondary N) is 1. The molecular formula is C19H26F3N3O2. The second-order valence-electron chi connectivity index (χ2n) is 6.75. The zero-order valence-corrected chi connectivity index (χ0v) is 16.1. The van der Waals surface area contributed by atoms with Crippen LogP contribution in [0.4, 0.5) is 13.2 Å². The van der Waals surface area contributed by atoms with Crippen LogP contribution < -0.4 is 5.32 Å². The quantitative estimate of drug-likeness (QED) is 0.400. The first-order chi connectivity index (χ1) is 12.5. The summed E-state index contributed by atoms with van der Waals surface area (Å²) in [4.78, 5) is 12.1. The number of nitrogens with zero attached hydrogens (tertiary/aromatic N) is 2. The topological polar surface area (TPSA) is 67.1 Å². The number of hydrogen-bond donors (Lipinski definition) is 1. The predicted molar refractivity (Wildman–Crippen MR) is 96.8 cm³/mol. The molecule has 0 radical (unpaired) electrons. The van der Waals surface area contributed by atoms with Crippen molar-refractivity contribution in [1.29, 1.82) is 5.26 Å². The molecule has 0 spiro atoms. The van der Waals surface area contributed by atoms with Crippen LogP contribution >= 0.6 is 0 Å². The van der Waals surface area contributed by atoms with Crippen molar-refractivity contribution in [3.63, 3.8) is 0 Å². The zero-order valence-electron chi connectivity index (χ0n) is 16.1. The predicted octanol–water partition coefficient (Wildman–Crippen LogP) is 3.75. The molecule has 0 atom stereocenters. The number of alkyl halides is 3. The van der Waals surface area contributed by atoms with Gasteiger partial charge < -0.3 is 14.6 Å². The minimum Gasteiger partial charge on any atom is -0.370 e. The van der Waals surface area contributed by atoms with E-state index in [1.807, 2.05) is 26.0 Å². The van der Waals surface area contributed by atoms with E-state index in [1.165, 1.54) is 6.08 Å². The van der Waals surface area contributed by atoms with Gasteiger partial charge in [-0.1, -0.05) is 13.8 Å². The van der Waals surface area contributed by atoms with Crippen LogP contribution in [0.5, 0.6) is 0 Å². The Morgan fingerprint density at radius 2 is 2.07 bits per heavy atom. The first-order valence-electron chi connectivity index (χ1n) is 8.76. The number of aryl methyl sites for hydroxylation is 1. The molecule has 1 aromatic rings. The number of amides is 1. The Bertz CT molecular complexity index is 713. The van der Waals surface area contributed by atoms with E-state index in [4.69, 9.17) is 0 Å². The fourth-order valence-corrected chi connectivity index (χ4v) is 2.53. The number of carbonyl (C=O) groups excluding carboxylic acids is 1. The summed E-state index contributed by atoms with van der Waals surface area (Å²) in [6.07, 6.45) is -1.89. The summed E-state index contributed by atoms with van der Waals surface area (Å²) in [6, 6.07) is 3.75. The van der Waals surface area contributed by atoms with E-state index in [-0.39, 0.29) is 18.7 Å². The average molecular weight is 385 g/mol. The molecule has 1 amide bonds. The third-order valence-electron chi connectivity index (χ3n) is 4.01. The van der Waals surface area contributed by atoms with Crippen molar-refractivity contribution in [2.24, 2.45) is 5.92 Å². The average Bonchev–Trinajstić information content (AvgIpc) is 2.82. The van der Waals surface area contributed by atoms with Crippen LogP contribution in [-0.4, -0.2) is 36.4 Å². The number of nitriles is 1. The van der Waals surface area contributed by atoms with Gasteiger partial charge in [0.2, 0.25) is 0 Å². The summed E-state index contributed by atoms with van der Waals surface area (Å²) in [5.41, 5.74) is 2.67. The number of halogens is 3. The van der Waals surface area contributed by atoms with Crippen molar-refractivity contribution >= 4 is 12.0 Å². The van der Waals surface area contributed by atoms with Gasteiger partial charge in [-0.2, -0.15) is 18.4 Å². The van der Waals surface area contributed by atoms with E-state index in [0.717, 1.165) is 29.9 Å². The molecule has 1 rings (SSSR count). The summed E-state index contributed by atoms with van der Waals surface area (Å²) in [5, 5.41) is 11.6. The monoisotopic (exact) mass is 385 g/mol. The summed E-state index contributed by atoms with van der Waals surface area (Å²) >= 11 is 0. The van der Waals surface area contributed by atoms with E-state index in [0.29, 0.717) is 5.92 Å². The molecule has 0 aromatic carbocycles. The van der Waals surface area contributed by atoms with Crippen LogP contribution in [0.1, 0.15) is 37.2 Å². The molecule has 1 aromatic heterocycles. The number of aromatic nitrogens is 1. The van der Waals surface area contributed by atoms with Crippen molar-refractivity contribution in [3.8, 4) is 6.07 Å². The Morgan fingerprint density at radius 1 is 1.41 bits per heavy atom. The molecule has 0 fully saturated rings. The molecule has 8 heteroatoms. The maximum atomic E-state index is 12.1. The van der Waals surface area contributed by atoms with Crippen LogP contribution in [0, 0.1) is 31.1 Å². The van der Waals surface area contributed by atoms with Crippen LogP contribution in [0.15, 0.2) is 11.6 Å². The van der Waals surface area contributed by atoms with Crippen LogP contribution in [0.2, 0.25) is 0 Å². The first kappa shape index (κ1) is 22.8. The van der Waals surface area contributed by atoms with Gasteiger partial charge in [-0.05, 0) is 43.9 Å². The number of ether oxygens (including phenoxy) is 1. The molecule has 0 aliphatic rings. The molecule has 0 bridgehead atoms. The highest BCUT2D eigenvalue weighted by molar-refractivity contribution is 6.01. The van der Waals surface area contributed by atoms with Gasteiger partial charge in [0.25, 0.3) is 5.91 Å². The maximum absolute atomic E-state index is 12.1. The van der Waals surface area contributed by atoms with Gasteiger partial charge >= 0.3 is 6.18 Å². The highest BCUT2D eigenvalue weighted by atomic mass is 19.4. The van der Waals surface area contributed by atoms with Crippen molar-refractivity contribution in [3.05, 3.63) is 28.6 Å². The molecular weight excluding hydrogens is 359 g/mol. The van der Waals surface area contributed by atoms with Gasteiger partial charge in [0.1, 0.15) is 18.2 Å². The summed E-state index contributed by atoms with van der Waals surface area (Å²) < 4.78 is 42.5. The molecule has 0 saturated carbocycles. The highest BCUT2D eigenvalue weighted by Crippen LogP contribution is 2.20. The molecule has 1 N–H and O–H groups in total. The summed E-state index contributed by atoms with van der Waals surface area (Å²) in [5.74, 6) is -0.0784. The van der Waals surface area contributed by atoms with E-state index >= 15 is 0 Å². The van der Waals surface area contributed by atoms with Crippen LogP contribution in [-0.2, 0) is 16.1 Å². The van der Waals surface area contributed by atoms with Crippen molar-refractivity contribution in [2.75, 3.05) is 19.8 Å². The fraction of sp³-hybridized carbons (Fsp3) is 0.579. The van der Waals surface area contributed by atoms with Gasteiger partial charge in [-0.15, -0.1) is 0 Å². The molecule has 27 heavy (non-hydrogen) atoms. The number of rotatable bonds is 9. The maximum Gasteiger partial charge on any atom is 0.411 e. The molecule has 0 saturated heterocycles. The Balaban J connectivity index is 2.72. The molecule has 0 aliphatic heterocycles. The Labute approximate surface area is 157 Å². The van der Waals surface area contributed by atoms with Gasteiger partial charge in [0.05, 0.1) is 6.61 Å². The zero-order chi connectivity index (χ0) is 20.6. The van der Waals surface area contributed by atoms with E-state index in [1.54, 1.807) is 0 Å². The Morgan fingerprint density at radius 3 is 2.63 bits per heavy atom. The fourth-order valence-electron chi connectivity index (χ4n) is 2.53. The Kier molecular flexibility index (Phi) is 8.57. The molecule has 1 heterocycles. The summed E-state index contributed by atoms with van der Waals surface area (Å²) in [7, 11) is 0. The highest BCUT2D eigenvalue weighted by Gasteiger charge is 2.27. The molecule has 5 nitrogen and oxygen atoms in total. The molecule has 150 valence electrons. The molecule has 0 aliphatic carbocycles. The van der Waals surface area contributed by atoms with Crippen molar-refractivity contribution < 1.29 is 22.7 Å². The van der Waals surface area contributed by atoms with Gasteiger partial charge in [-0.25, -0.2) is 0 Å². The van der Waals surface area contributed by atoms with Gasteiger partial charge in [0, 0.05) is 24.5 Å². The largest absolute Gasteiger partial charge is 0.411 e. The van der Waals surface area contributed by atoms with Gasteiger partial charge in [0.15, 0.2) is 0 Å². The summed E-state index contributed by atoms with van der Waals surface area (Å²) in [6.45, 7) is 7.28. The van der Waals surface area contributed by atoms with Crippen LogP contribution in [0.3, 0.4) is 0 Å². The van der Waals surface area contributed by atoms with Gasteiger partial charge in [-0.3, -0.25) is 4.79 Å². The normalized spacial score (nSPS) is 12.3. The van der Waals surface area contributed by atoms with Crippen molar-refractivity contribution in [1.82, 2.24) is 9.88 Å². The lowest BCUT2D eigenvalue weighted by molar-refractivity contribution is -0.173. The van der Waals surface area contributed by atoms with Crippen molar-refractivity contribution in [2.45, 2.75) is 46.8 Å². The smallest absolute Gasteiger partial charge is 0.370 e.